The van der Waals surface area contributed by atoms with Crippen LogP contribution in [0.25, 0.3) is 10.9 Å². The lowest BCUT2D eigenvalue weighted by Gasteiger charge is -2.18. The minimum Gasteiger partial charge on any atom is -0.382 e. The van der Waals surface area contributed by atoms with Crippen LogP contribution < -0.4 is 5.32 Å². The van der Waals surface area contributed by atoms with E-state index in [1.165, 1.54) is 22.3 Å². The van der Waals surface area contributed by atoms with Gasteiger partial charge in [0.2, 0.25) is 0 Å². The van der Waals surface area contributed by atoms with Crippen LogP contribution in [0.2, 0.25) is 0 Å². The van der Waals surface area contributed by atoms with E-state index in [2.05, 4.69) is 41.1 Å². The van der Waals surface area contributed by atoms with E-state index in [0.29, 0.717) is 0 Å². The van der Waals surface area contributed by atoms with Gasteiger partial charge in [-0.3, -0.25) is 0 Å². The van der Waals surface area contributed by atoms with Crippen molar-refractivity contribution in [2.75, 3.05) is 11.9 Å². The molecule has 2 heterocycles. The zero-order valence-corrected chi connectivity index (χ0v) is 7.67. The summed E-state index contributed by atoms with van der Waals surface area (Å²) < 4.78 is 2.39. The van der Waals surface area contributed by atoms with Crippen molar-refractivity contribution < 1.29 is 0 Å². The fourth-order valence-corrected chi connectivity index (χ4v) is 2.19. The van der Waals surface area contributed by atoms with Gasteiger partial charge in [-0.25, -0.2) is 0 Å². The third kappa shape index (κ3) is 0.829. The molecule has 2 nitrogen and oxygen atoms in total. The first-order valence-electron chi connectivity index (χ1n) is 4.69. The summed E-state index contributed by atoms with van der Waals surface area (Å²) in [5.41, 5.74) is 4.01. The Morgan fingerprint density at radius 3 is 3.23 bits per heavy atom. The van der Waals surface area contributed by atoms with Gasteiger partial charge in [0.15, 0.2) is 0 Å². The molecule has 0 amide bonds. The Bertz CT molecular complexity index is 468. The number of nitrogens with zero attached hydrogens (tertiary/aromatic N) is 1. The van der Waals surface area contributed by atoms with Crippen molar-refractivity contribution in [3.63, 3.8) is 0 Å². The second-order valence-corrected chi connectivity index (χ2v) is 3.61. The quantitative estimate of drug-likeness (QED) is 0.645. The number of nitrogens with one attached hydrogen (secondary N) is 1. The number of aromatic nitrogens is 1. The van der Waals surface area contributed by atoms with Crippen LogP contribution in [0.1, 0.15) is 5.69 Å². The van der Waals surface area contributed by atoms with Crippen LogP contribution in [-0.4, -0.2) is 11.1 Å². The van der Waals surface area contributed by atoms with Crippen molar-refractivity contribution in [1.82, 2.24) is 4.57 Å². The van der Waals surface area contributed by atoms with Gasteiger partial charge in [-0.1, -0.05) is 12.1 Å². The molecule has 1 aliphatic rings. The second kappa shape index (κ2) is 2.28. The summed E-state index contributed by atoms with van der Waals surface area (Å²) in [6, 6.07) is 8.69. The van der Waals surface area contributed by atoms with Crippen LogP contribution in [0.3, 0.4) is 0 Å². The maximum atomic E-state index is 3.42. The minimum atomic E-state index is 1.04. The zero-order chi connectivity index (χ0) is 8.84. The second-order valence-electron chi connectivity index (χ2n) is 3.61. The number of aryl methyl sites for hydroxylation is 1. The Morgan fingerprint density at radius 2 is 2.31 bits per heavy atom. The predicted molar refractivity (Wildman–Crippen MR) is 55.2 cm³/mol. The van der Waals surface area contributed by atoms with Crippen LogP contribution in [0.4, 0.5) is 5.69 Å². The Hall–Kier alpha value is -1.44. The molecule has 0 spiro atoms. The molecule has 2 aromatic rings. The van der Waals surface area contributed by atoms with E-state index in [0.717, 1.165) is 13.1 Å². The summed E-state index contributed by atoms with van der Waals surface area (Å²) in [5.74, 6) is 0. The van der Waals surface area contributed by atoms with Gasteiger partial charge in [-0.05, 0) is 19.1 Å². The highest BCUT2D eigenvalue weighted by atomic mass is 15.1. The summed E-state index contributed by atoms with van der Waals surface area (Å²) in [5, 5.41) is 4.77. The van der Waals surface area contributed by atoms with E-state index in [9.17, 15) is 0 Å². The van der Waals surface area contributed by atoms with E-state index in [1.54, 1.807) is 0 Å². The van der Waals surface area contributed by atoms with Gasteiger partial charge in [0, 0.05) is 24.2 Å². The van der Waals surface area contributed by atoms with Crippen molar-refractivity contribution in [3.8, 4) is 0 Å². The average Bonchev–Trinajstić information content (AvgIpc) is 2.47. The number of para-hydroxylation sites is 1. The molecule has 13 heavy (non-hydrogen) atoms. The molecule has 0 saturated carbocycles. The summed E-state index contributed by atoms with van der Waals surface area (Å²) in [7, 11) is 0. The topological polar surface area (TPSA) is 17.0 Å². The predicted octanol–water partition coefficient (Wildman–Crippen LogP) is 2.38. The minimum absolute atomic E-state index is 1.04. The molecule has 1 N–H and O–H groups in total. The average molecular weight is 172 g/mol. The molecule has 0 aliphatic carbocycles. The summed E-state index contributed by atoms with van der Waals surface area (Å²) >= 11 is 0. The Kier molecular flexibility index (Phi) is 1.23. The van der Waals surface area contributed by atoms with E-state index >= 15 is 0 Å². The van der Waals surface area contributed by atoms with Crippen LogP contribution >= 0.6 is 0 Å². The fraction of sp³-hybridized carbons (Fsp3) is 0.273. The number of benzene rings is 1. The smallest absolute Gasteiger partial charge is 0.0718 e. The van der Waals surface area contributed by atoms with Gasteiger partial charge in [-0.15, -0.1) is 0 Å². The lowest BCUT2D eigenvalue weighted by Crippen LogP contribution is -2.17. The fourth-order valence-electron chi connectivity index (χ4n) is 2.19. The Morgan fingerprint density at radius 1 is 1.38 bits per heavy atom. The van der Waals surface area contributed by atoms with Gasteiger partial charge in [0.25, 0.3) is 0 Å². The molecule has 1 aliphatic heterocycles. The van der Waals surface area contributed by atoms with Crippen molar-refractivity contribution in [2.45, 2.75) is 13.5 Å². The molecule has 1 aromatic carbocycles. The number of hydrogen-bond acceptors (Lipinski definition) is 1. The summed E-state index contributed by atoms with van der Waals surface area (Å²) in [6.45, 7) is 4.31. The molecule has 0 saturated heterocycles. The molecule has 1 aromatic heterocycles. The van der Waals surface area contributed by atoms with Crippen molar-refractivity contribution in [3.05, 3.63) is 30.0 Å². The molecule has 0 bridgehead atoms. The molecule has 66 valence electrons. The normalized spacial score (nSPS) is 14.5. The highest BCUT2D eigenvalue weighted by Gasteiger charge is 2.12. The third-order valence-electron chi connectivity index (χ3n) is 2.78. The Balaban J connectivity index is 2.51. The van der Waals surface area contributed by atoms with Crippen molar-refractivity contribution >= 4 is 16.6 Å². The largest absolute Gasteiger partial charge is 0.382 e. The van der Waals surface area contributed by atoms with Crippen molar-refractivity contribution in [1.29, 1.82) is 0 Å². The lowest BCUT2D eigenvalue weighted by atomic mass is 10.2. The number of hydrogen-bond donors (Lipinski definition) is 1. The van der Waals surface area contributed by atoms with Crippen molar-refractivity contribution in [2.24, 2.45) is 0 Å². The zero-order valence-electron chi connectivity index (χ0n) is 7.67. The van der Waals surface area contributed by atoms with Gasteiger partial charge < -0.3 is 9.88 Å². The summed E-state index contributed by atoms with van der Waals surface area (Å²) in [4.78, 5) is 0. The molecule has 0 fully saturated rings. The maximum absolute atomic E-state index is 3.42. The number of rotatable bonds is 0. The molecule has 0 radical (unpaired) electrons. The molecular weight excluding hydrogens is 160 g/mol. The van der Waals surface area contributed by atoms with Crippen LogP contribution in [0.15, 0.2) is 24.3 Å². The molecule has 2 heteroatoms. The van der Waals surface area contributed by atoms with E-state index in [4.69, 9.17) is 0 Å². The van der Waals surface area contributed by atoms with E-state index in [1.807, 2.05) is 0 Å². The first kappa shape index (κ1) is 7.01. The highest BCUT2D eigenvalue weighted by Crippen LogP contribution is 2.29. The van der Waals surface area contributed by atoms with E-state index in [-0.39, 0.29) is 0 Å². The Labute approximate surface area is 77.2 Å². The van der Waals surface area contributed by atoms with Gasteiger partial charge in [-0.2, -0.15) is 0 Å². The van der Waals surface area contributed by atoms with Crippen LogP contribution in [-0.2, 0) is 6.54 Å². The van der Waals surface area contributed by atoms with Gasteiger partial charge >= 0.3 is 0 Å². The first-order valence-corrected chi connectivity index (χ1v) is 4.69. The van der Waals surface area contributed by atoms with Gasteiger partial charge in [0.05, 0.1) is 11.2 Å². The summed E-state index contributed by atoms with van der Waals surface area (Å²) in [6.07, 6.45) is 0. The molecule has 3 rings (SSSR count). The monoisotopic (exact) mass is 172 g/mol. The lowest BCUT2D eigenvalue weighted by molar-refractivity contribution is 0.720. The SMILES string of the molecule is Cc1cc2cccc3c2n1CCN3. The van der Waals surface area contributed by atoms with Crippen LogP contribution in [0, 0.1) is 6.92 Å². The maximum Gasteiger partial charge on any atom is 0.0718 e. The van der Waals surface area contributed by atoms with Gasteiger partial charge in [0.1, 0.15) is 0 Å². The standard InChI is InChI=1S/C11H12N2/c1-8-7-9-3-2-4-10-11(9)13(8)6-5-12-10/h2-4,7,12H,5-6H2,1H3. The number of anilines is 1. The third-order valence-corrected chi connectivity index (χ3v) is 2.78. The molecular formula is C11H12N2. The van der Waals surface area contributed by atoms with E-state index < -0.39 is 0 Å². The molecule has 0 unspecified atom stereocenters. The molecule has 0 atom stereocenters. The highest BCUT2D eigenvalue weighted by molar-refractivity contribution is 5.93. The first-order chi connectivity index (χ1) is 6.36. The van der Waals surface area contributed by atoms with Crippen LogP contribution in [0.5, 0.6) is 0 Å².